The van der Waals surface area contributed by atoms with Crippen molar-refractivity contribution in [2.75, 3.05) is 26.8 Å². The minimum absolute atomic E-state index is 0.0412. The van der Waals surface area contributed by atoms with Crippen molar-refractivity contribution in [1.82, 2.24) is 9.66 Å². The molecular weight excluding hydrogens is 450 g/mol. The molecule has 9 heteroatoms. The lowest BCUT2D eigenvalue weighted by Crippen LogP contribution is -2.37. The van der Waals surface area contributed by atoms with Crippen LogP contribution in [-0.2, 0) is 6.61 Å². The Morgan fingerprint density at radius 1 is 0.914 bits per heavy atom. The van der Waals surface area contributed by atoms with Crippen LogP contribution in [0.2, 0.25) is 0 Å². The van der Waals surface area contributed by atoms with Gasteiger partial charge in [0, 0.05) is 5.56 Å². The van der Waals surface area contributed by atoms with E-state index in [1.807, 2.05) is 31.2 Å². The first-order valence-electron chi connectivity index (χ1n) is 10.8. The second-order valence-electron chi connectivity index (χ2n) is 7.59. The molecule has 0 saturated heterocycles. The summed E-state index contributed by atoms with van der Waals surface area (Å²) in [7, 11) is 4.39. The van der Waals surface area contributed by atoms with Gasteiger partial charge in [0.2, 0.25) is 5.75 Å². The van der Waals surface area contributed by atoms with Gasteiger partial charge in [0.25, 0.3) is 11.5 Å². The second-order valence-corrected chi connectivity index (χ2v) is 7.59. The zero-order chi connectivity index (χ0) is 24.9. The number of ether oxygens (including phenoxy) is 4. The SMILES string of the molecule is COc1cc(C(=O)Nn2c(COc3ccccc3C)nc3ccccc3c2=O)cc(OC)c1OC. The van der Waals surface area contributed by atoms with Crippen molar-refractivity contribution < 1.29 is 23.7 Å². The number of rotatable bonds is 8. The fourth-order valence-corrected chi connectivity index (χ4v) is 3.63. The van der Waals surface area contributed by atoms with E-state index in [4.69, 9.17) is 18.9 Å². The average Bonchev–Trinajstić information content (AvgIpc) is 2.89. The van der Waals surface area contributed by atoms with Crippen LogP contribution in [0.4, 0.5) is 0 Å². The number of carbonyl (C=O) groups is 1. The first-order valence-corrected chi connectivity index (χ1v) is 10.8. The first kappa shape index (κ1) is 23.6. The monoisotopic (exact) mass is 475 g/mol. The van der Waals surface area contributed by atoms with Crippen LogP contribution in [0, 0.1) is 6.92 Å². The van der Waals surface area contributed by atoms with E-state index in [0.717, 1.165) is 10.2 Å². The van der Waals surface area contributed by atoms with Gasteiger partial charge in [0.1, 0.15) is 12.4 Å². The van der Waals surface area contributed by atoms with Crippen LogP contribution in [0.15, 0.2) is 65.5 Å². The summed E-state index contributed by atoms with van der Waals surface area (Å²) < 4.78 is 23.0. The zero-order valence-corrected chi connectivity index (χ0v) is 19.8. The van der Waals surface area contributed by atoms with Gasteiger partial charge in [-0.3, -0.25) is 15.0 Å². The lowest BCUT2D eigenvalue weighted by Gasteiger charge is -2.17. The molecule has 0 aliphatic carbocycles. The fraction of sp³-hybridized carbons (Fsp3) is 0.192. The third-order valence-corrected chi connectivity index (χ3v) is 5.44. The molecule has 180 valence electrons. The number of fused-ring (bicyclic) bond motifs is 1. The normalized spacial score (nSPS) is 10.6. The molecule has 0 radical (unpaired) electrons. The van der Waals surface area contributed by atoms with Crippen molar-refractivity contribution >= 4 is 16.8 Å². The number of aromatic nitrogens is 2. The van der Waals surface area contributed by atoms with Gasteiger partial charge in [0.05, 0.1) is 32.2 Å². The summed E-state index contributed by atoms with van der Waals surface area (Å²) in [5.41, 5.74) is 3.85. The summed E-state index contributed by atoms with van der Waals surface area (Å²) in [5, 5.41) is 0.359. The maximum absolute atomic E-state index is 13.3. The van der Waals surface area contributed by atoms with E-state index in [9.17, 15) is 9.59 Å². The Morgan fingerprint density at radius 2 is 1.57 bits per heavy atom. The average molecular weight is 476 g/mol. The van der Waals surface area contributed by atoms with Crippen LogP contribution in [0.1, 0.15) is 21.7 Å². The van der Waals surface area contributed by atoms with Crippen molar-refractivity contribution in [3.63, 3.8) is 0 Å². The van der Waals surface area contributed by atoms with Gasteiger partial charge in [0.15, 0.2) is 17.3 Å². The Bertz CT molecular complexity index is 1420. The van der Waals surface area contributed by atoms with Crippen LogP contribution in [0.3, 0.4) is 0 Å². The summed E-state index contributed by atoms with van der Waals surface area (Å²) >= 11 is 0. The molecule has 0 bridgehead atoms. The number of carbonyl (C=O) groups excluding carboxylic acids is 1. The van der Waals surface area contributed by atoms with Crippen LogP contribution >= 0.6 is 0 Å². The number of hydrogen-bond acceptors (Lipinski definition) is 7. The quantitative estimate of drug-likeness (QED) is 0.415. The molecule has 0 spiro atoms. The van der Waals surface area contributed by atoms with Gasteiger partial charge in [-0.25, -0.2) is 4.98 Å². The molecule has 1 aromatic heterocycles. The zero-order valence-electron chi connectivity index (χ0n) is 19.8. The molecule has 35 heavy (non-hydrogen) atoms. The summed E-state index contributed by atoms with van der Waals surface area (Å²) in [4.78, 5) is 31.1. The molecule has 1 amide bonds. The predicted molar refractivity (Wildman–Crippen MR) is 131 cm³/mol. The first-order chi connectivity index (χ1) is 17.0. The van der Waals surface area contributed by atoms with Crippen LogP contribution in [-0.4, -0.2) is 36.9 Å². The standard InChI is InChI=1S/C26H25N3O6/c1-16-9-5-8-12-20(16)35-15-23-27-19-11-7-6-10-18(19)26(31)29(23)28-25(30)17-13-21(32-2)24(34-4)22(14-17)33-3/h5-14H,15H2,1-4H3,(H,28,30). The van der Waals surface area contributed by atoms with Crippen molar-refractivity contribution in [2.24, 2.45) is 0 Å². The highest BCUT2D eigenvalue weighted by molar-refractivity contribution is 6.01. The Hall–Kier alpha value is -4.53. The number of aryl methyl sites for hydroxylation is 1. The number of benzene rings is 3. The highest BCUT2D eigenvalue weighted by Crippen LogP contribution is 2.38. The summed E-state index contributed by atoms with van der Waals surface area (Å²) in [6.45, 7) is 1.88. The largest absolute Gasteiger partial charge is 0.493 e. The van der Waals surface area contributed by atoms with E-state index >= 15 is 0 Å². The van der Waals surface area contributed by atoms with E-state index in [-0.39, 0.29) is 18.0 Å². The van der Waals surface area contributed by atoms with Gasteiger partial charge < -0.3 is 18.9 Å². The molecule has 1 N–H and O–H groups in total. The smallest absolute Gasteiger partial charge is 0.280 e. The van der Waals surface area contributed by atoms with Crippen LogP contribution < -0.4 is 29.9 Å². The minimum atomic E-state index is -0.569. The van der Waals surface area contributed by atoms with Crippen molar-refractivity contribution in [2.45, 2.75) is 13.5 Å². The van der Waals surface area contributed by atoms with Crippen LogP contribution in [0.5, 0.6) is 23.0 Å². The third-order valence-electron chi connectivity index (χ3n) is 5.44. The Morgan fingerprint density at radius 3 is 2.23 bits per heavy atom. The van der Waals surface area contributed by atoms with Gasteiger partial charge in [-0.05, 0) is 42.8 Å². The lowest BCUT2D eigenvalue weighted by molar-refractivity contribution is 0.100. The van der Waals surface area contributed by atoms with Crippen LogP contribution in [0.25, 0.3) is 10.9 Å². The fourth-order valence-electron chi connectivity index (χ4n) is 3.63. The number of nitrogens with zero attached hydrogens (tertiary/aromatic N) is 2. The Balaban J connectivity index is 1.74. The van der Waals surface area contributed by atoms with Gasteiger partial charge in [-0.2, -0.15) is 4.68 Å². The minimum Gasteiger partial charge on any atom is -0.493 e. The van der Waals surface area contributed by atoms with Crippen molar-refractivity contribution in [3.05, 3.63) is 88.0 Å². The molecule has 9 nitrogen and oxygen atoms in total. The maximum Gasteiger partial charge on any atom is 0.280 e. The number of nitrogens with one attached hydrogen (secondary N) is 1. The molecule has 3 aromatic carbocycles. The number of methoxy groups -OCH3 is 3. The van der Waals surface area contributed by atoms with E-state index in [1.165, 1.54) is 33.5 Å². The molecular formula is C26H25N3O6. The molecule has 0 aliphatic heterocycles. The Labute approximate surface area is 201 Å². The predicted octanol–water partition coefficient (Wildman–Crippen LogP) is 3.69. The molecule has 1 heterocycles. The molecule has 4 aromatic rings. The summed E-state index contributed by atoms with van der Waals surface area (Å²) in [5.74, 6) is 1.28. The number of para-hydroxylation sites is 2. The second kappa shape index (κ2) is 10.2. The molecule has 0 saturated carbocycles. The molecule has 0 fully saturated rings. The summed E-state index contributed by atoms with van der Waals surface area (Å²) in [6, 6.07) is 17.4. The third kappa shape index (κ3) is 4.74. The van der Waals surface area contributed by atoms with Gasteiger partial charge in [-0.1, -0.05) is 30.3 Å². The molecule has 0 unspecified atom stereocenters. The summed E-state index contributed by atoms with van der Waals surface area (Å²) in [6.07, 6.45) is 0. The Kier molecular flexibility index (Phi) is 6.86. The highest BCUT2D eigenvalue weighted by atomic mass is 16.5. The number of amides is 1. The van der Waals surface area contributed by atoms with E-state index in [0.29, 0.717) is 33.9 Å². The highest BCUT2D eigenvalue weighted by Gasteiger charge is 2.20. The lowest BCUT2D eigenvalue weighted by atomic mass is 10.1. The molecule has 4 rings (SSSR count). The van der Waals surface area contributed by atoms with Crippen molar-refractivity contribution in [3.8, 4) is 23.0 Å². The van der Waals surface area contributed by atoms with E-state index < -0.39 is 11.5 Å². The topological polar surface area (TPSA) is 101 Å². The van der Waals surface area contributed by atoms with E-state index in [2.05, 4.69) is 10.4 Å². The number of hydrogen-bond donors (Lipinski definition) is 1. The van der Waals surface area contributed by atoms with Gasteiger partial charge in [-0.15, -0.1) is 0 Å². The molecule has 0 atom stereocenters. The maximum atomic E-state index is 13.3. The van der Waals surface area contributed by atoms with E-state index in [1.54, 1.807) is 24.3 Å². The van der Waals surface area contributed by atoms with Gasteiger partial charge >= 0.3 is 0 Å². The molecule has 0 aliphatic rings. The van der Waals surface area contributed by atoms with Crippen molar-refractivity contribution in [1.29, 1.82) is 0 Å².